The summed E-state index contributed by atoms with van der Waals surface area (Å²) in [4.78, 5) is 0. The number of hydrogen-bond acceptors (Lipinski definition) is 0. The zero-order valence-corrected chi connectivity index (χ0v) is 8.04. The minimum atomic E-state index is -0.868. The van der Waals surface area contributed by atoms with E-state index in [0.29, 0.717) is 0 Å². The molecule has 0 heterocycles. The summed E-state index contributed by atoms with van der Waals surface area (Å²) in [6, 6.07) is 2.33. The Labute approximate surface area is 76.2 Å². The summed E-state index contributed by atoms with van der Waals surface area (Å²) in [5.41, 5.74) is 0.154. The first-order chi connectivity index (χ1) is 5.63. The third kappa shape index (κ3) is 2.45. The van der Waals surface area contributed by atoms with Crippen LogP contribution in [0.15, 0.2) is 12.1 Å². The van der Waals surface area contributed by atoms with Crippen molar-refractivity contribution in [1.82, 2.24) is 0 Å². The molecule has 0 aliphatic rings. The van der Waals surface area contributed by atoms with E-state index in [4.69, 9.17) is 11.6 Å². The van der Waals surface area contributed by atoms with Gasteiger partial charge in [0, 0.05) is 10.6 Å². The molecule has 1 rings (SSSR count). The van der Waals surface area contributed by atoms with Crippen LogP contribution in [-0.4, -0.2) is 0 Å². The largest absolute Gasteiger partial charge is 0.204 e. The van der Waals surface area contributed by atoms with Crippen molar-refractivity contribution in [3.8, 4) is 0 Å². The van der Waals surface area contributed by atoms with Crippen LogP contribution in [0.2, 0.25) is 5.02 Å². The van der Waals surface area contributed by atoms with Crippen molar-refractivity contribution >= 4 is 11.6 Å². The summed E-state index contributed by atoms with van der Waals surface area (Å²) in [6.45, 7) is 5.43. The van der Waals surface area contributed by atoms with Crippen LogP contribution in [0.3, 0.4) is 0 Å². The third-order valence-electron chi connectivity index (χ3n) is 1.27. The van der Waals surface area contributed by atoms with Crippen LogP contribution in [-0.2, 0) is 0 Å². The highest BCUT2D eigenvalue weighted by atomic mass is 35.5. The van der Waals surface area contributed by atoms with Crippen molar-refractivity contribution in [3.05, 3.63) is 34.4 Å². The quantitative estimate of drug-likeness (QED) is 0.546. The molecule has 0 radical (unpaired) electrons. The minimum Gasteiger partial charge on any atom is -0.204 e. The van der Waals surface area contributed by atoms with Gasteiger partial charge in [-0.05, 0) is 19.1 Å². The summed E-state index contributed by atoms with van der Waals surface area (Å²) >= 11 is 5.48. The Balaban J connectivity index is 0.000000561. The smallest absolute Gasteiger partial charge is 0.163 e. The molecule has 0 bridgehead atoms. The second-order valence-corrected chi connectivity index (χ2v) is 2.38. The van der Waals surface area contributed by atoms with E-state index >= 15 is 0 Å². The molecule has 0 saturated heterocycles. The van der Waals surface area contributed by atoms with Gasteiger partial charge in [0.05, 0.1) is 0 Å². The SMILES string of the molecule is CC.Cc1c(Cl)ccc(F)c1F. The van der Waals surface area contributed by atoms with Gasteiger partial charge in [0.2, 0.25) is 0 Å². The highest BCUT2D eigenvalue weighted by Gasteiger charge is 2.06. The topological polar surface area (TPSA) is 0 Å². The maximum Gasteiger partial charge on any atom is 0.163 e. The molecule has 12 heavy (non-hydrogen) atoms. The van der Waals surface area contributed by atoms with Crippen LogP contribution in [0.25, 0.3) is 0 Å². The number of halogens is 3. The number of benzene rings is 1. The van der Waals surface area contributed by atoms with E-state index in [2.05, 4.69) is 0 Å². The van der Waals surface area contributed by atoms with Crippen LogP contribution in [0.1, 0.15) is 19.4 Å². The molecule has 0 aliphatic heterocycles. The fourth-order valence-corrected chi connectivity index (χ4v) is 0.774. The van der Waals surface area contributed by atoms with Gasteiger partial charge in [0.25, 0.3) is 0 Å². The maximum absolute atomic E-state index is 12.5. The lowest BCUT2D eigenvalue weighted by molar-refractivity contribution is 0.503. The average Bonchev–Trinajstić information content (AvgIpc) is 2.12. The second kappa shape index (κ2) is 5.09. The van der Waals surface area contributed by atoms with Crippen molar-refractivity contribution in [2.75, 3.05) is 0 Å². The molecular formula is C9H11ClF2. The van der Waals surface area contributed by atoms with Crippen LogP contribution in [0, 0.1) is 18.6 Å². The van der Waals surface area contributed by atoms with Gasteiger partial charge in [0.1, 0.15) is 0 Å². The molecule has 0 unspecified atom stereocenters. The van der Waals surface area contributed by atoms with E-state index in [-0.39, 0.29) is 10.6 Å². The first-order valence-electron chi connectivity index (χ1n) is 3.73. The molecule has 1 aromatic carbocycles. The predicted octanol–water partition coefficient (Wildman–Crippen LogP) is 3.95. The Morgan fingerprint density at radius 2 is 1.67 bits per heavy atom. The van der Waals surface area contributed by atoms with Gasteiger partial charge < -0.3 is 0 Å². The monoisotopic (exact) mass is 192 g/mol. The summed E-state index contributed by atoms with van der Waals surface area (Å²) in [5.74, 6) is -1.73. The fourth-order valence-electron chi connectivity index (χ4n) is 0.628. The molecule has 0 atom stereocenters. The Kier molecular flexibility index (Phi) is 4.83. The number of rotatable bonds is 0. The normalized spacial score (nSPS) is 8.83. The van der Waals surface area contributed by atoms with Gasteiger partial charge in [-0.15, -0.1) is 0 Å². The van der Waals surface area contributed by atoms with Gasteiger partial charge in [-0.1, -0.05) is 25.4 Å². The van der Waals surface area contributed by atoms with E-state index < -0.39 is 11.6 Å². The summed E-state index contributed by atoms with van der Waals surface area (Å²) < 4.78 is 24.9. The molecule has 0 nitrogen and oxygen atoms in total. The highest BCUT2D eigenvalue weighted by molar-refractivity contribution is 6.31. The van der Waals surface area contributed by atoms with Gasteiger partial charge >= 0.3 is 0 Å². The Morgan fingerprint density at radius 1 is 1.17 bits per heavy atom. The average molecular weight is 193 g/mol. The highest BCUT2D eigenvalue weighted by Crippen LogP contribution is 2.19. The van der Waals surface area contributed by atoms with Gasteiger partial charge in [-0.25, -0.2) is 8.78 Å². The van der Waals surface area contributed by atoms with E-state index in [1.165, 1.54) is 13.0 Å². The van der Waals surface area contributed by atoms with Crippen LogP contribution >= 0.6 is 11.6 Å². The molecule has 0 amide bonds. The molecule has 0 saturated carbocycles. The van der Waals surface area contributed by atoms with Gasteiger partial charge in [-0.2, -0.15) is 0 Å². The fraction of sp³-hybridized carbons (Fsp3) is 0.333. The molecule has 0 spiro atoms. The van der Waals surface area contributed by atoms with Gasteiger partial charge in [0.15, 0.2) is 11.6 Å². The van der Waals surface area contributed by atoms with E-state index in [0.717, 1.165) is 6.07 Å². The molecule has 0 N–H and O–H groups in total. The number of hydrogen-bond donors (Lipinski definition) is 0. The van der Waals surface area contributed by atoms with E-state index in [1.54, 1.807) is 0 Å². The van der Waals surface area contributed by atoms with Crippen LogP contribution in [0.4, 0.5) is 8.78 Å². The van der Waals surface area contributed by atoms with Crippen LogP contribution < -0.4 is 0 Å². The van der Waals surface area contributed by atoms with E-state index in [9.17, 15) is 8.78 Å². The molecule has 1 aromatic rings. The Hall–Kier alpha value is -0.630. The van der Waals surface area contributed by atoms with Crippen molar-refractivity contribution < 1.29 is 8.78 Å². The molecule has 3 heteroatoms. The molecule has 68 valence electrons. The lowest BCUT2D eigenvalue weighted by atomic mass is 10.2. The Morgan fingerprint density at radius 3 is 2.08 bits per heavy atom. The third-order valence-corrected chi connectivity index (χ3v) is 1.68. The summed E-state index contributed by atoms with van der Waals surface area (Å²) in [6.07, 6.45) is 0. The lowest BCUT2D eigenvalue weighted by Gasteiger charge is -1.98. The zero-order valence-electron chi connectivity index (χ0n) is 7.29. The van der Waals surface area contributed by atoms with Crippen molar-refractivity contribution in [2.45, 2.75) is 20.8 Å². The minimum absolute atomic E-state index is 0.154. The maximum atomic E-state index is 12.5. The van der Waals surface area contributed by atoms with Gasteiger partial charge in [-0.3, -0.25) is 0 Å². The second-order valence-electron chi connectivity index (χ2n) is 1.97. The predicted molar refractivity (Wildman–Crippen MR) is 47.5 cm³/mol. The molecule has 0 aromatic heterocycles. The van der Waals surface area contributed by atoms with Crippen molar-refractivity contribution in [3.63, 3.8) is 0 Å². The summed E-state index contributed by atoms with van der Waals surface area (Å²) in [7, 11) is 0. The van der Waals surface area contributed by atoms with Crippen LogP contribution in [0.5, 0.6) is 0 Å². The van der Waals surface area contributed by atoms with Crippen molar-refractivity contribution in [1.29, 1.82) is 0 Å². The standard InChI is InChI=1S/C7H5ClF2.C2H6/c1-4-5(8)2-3-6(9)7(4)10;1-2/h2-3H,1H3;1-2H3. The summed E-state index contributed by atoms with van der Waals surface area (Å²) in [5, 5.41) is 0.249. The first kappa shape index (κ1) is 11.4. The molecule has 0 aliphatic carbocycles. The van der Waals surface area contributed by atoms with Crippen molar-refractivity contribution in [2.24, 2.45) is 0 Å². The Bertz CT molecular complexity index is 232. The lowest BCUT2D eigenvalue weighted by Crippen LogP contribution is -1.88. The molecule has 0 fully saturated rings. The first-order valence-corrected chi connectivity index (χ1v) is 4.11. The zero-order chi connectivity index (χ0) is 9.72. The molecular weight excluding hydrogens is 182 g/mol. The van der Waals surface area contributed by atoms with E-state index in [1.807, 2.05) is 13.8 Å².